The molecule has 0 unspecified atom stereocenters. The van der Waals surface area contributed by atoms with Crippen molar-refractivity contribution in [2.75, 3.05) is 6.54 Å². The van der Waals surface area contributed by atoms with Crippen LogP contribution in [0.25, 0.3) is 0 Å². The molecular formula is C13H18N2O3. The van der Waals surface area contributed by atoms with Crippen molar-refractivity contribution in [2.24, 2.45) is 0 Å². The van der Waals surface area contributed by atoms with Gasteiger partial charge >= 0.3 is 5.97 Å². The summed E-state index contributed by atoms with van der Waals surface area (Å²) >= 11 is 0. The zero-order chi connectivity index (χ0) is 13.1. The van der Waals surface area contributed by atoms with Crippen molar-refractivity contribution in [3.8, 4) is 0 Å². The summed E-state index contributed by atoms with van der Waals surface area (Å²) in [6.45, 7) is 3.20. The average Bonchev–Trinajstić information content (AvgIpc) is 2.86. The van der Waals surface area contributed by atoms with Crippen molar-refractivity contribution < 1.29 is 14.7 Å². The molecule has 1 aromatic heterocycles. The van der Waals surface area contributed by atoms with Crippen molar-refractivity contribution in [3.05, 3.63) is 24.0 Å². The molecule has 0 spiro atoms. The maximum Gasteiger partial charge on any atom is 0.326 e. The van der Waals surface area contributed by atoms with Gasteiger partial charge in [-0.15, -0.1) is 0 Å². The van der Waals surface area contributed by atoms with Gasteiger partial charge in [0, 0.05) is 19.3 Å². The normalized spacial score (nSPS) is 19.8. The monoisotopic (exact) mass is 250 g/mol. The largest absolute Gasteiger partial charge is 0.480 e. The van der Waals surface area contributed by atoms with E-state index >= 15 is 0 Å². The highest BCUT2D eigenvalue weighted by Gasteiger charge is 2.33. The topological polar surface area (TPSA) is 62.5 Å². The molecule has 1 atom stereocenters. The third-order valence-corrected chi connectivity index (χ3v) is 3.44. The summed E-state index contributed by atoms with van der Waals surface area (Å²) in [6, 6.07) is 2.89. The van der Waals surface area contributed by atoms with E-state index in [1.807, 2.05) is 23.8 Å². The quantitative estimate of drug-likeness (QED) is 0.886. The van der Waals surface area contributed by atoms with Gasteiger partial charge < -0.3 is 14.6 Å². The van der Waals surface area contributed by atoms with E-state index in [1.54, 1.807) is 6.07 Å². The van der Waals surface area contributed by atoms with Crippen LogP contribution >= 0.6 is 0 Å². The fourth-order valence-electron chi connectivity index (χ4n) is 2.46. The minimum Gasteiger partial charge on any atom is -0.480 e. The van der Waals surface area contributed by atoms with Gasteiger partial charge in [-0.2, -0.15) is 0 Å². The van der Waals surface area contributed by atoms with E-state index in [-0.39, 0.29) is 5.91 Å². The van der Waals surface area contributed by atoms with E-state index in [2.05, 4.69) is 0 Å². The molecule has 5 nitrogen and oxygen atoms in total. The molecule has 0 aliphatic carbocycles. The number of aromatic nitrogens is 1. The Labute approximate surface area is 106 Å². The number of rotatable bonds is 3. The van der Waals surface area contributed by atoms with Crippen LogP contribution in [0.1, 0.15) is 36.7 Å². The first-order chi connectivity index (χ1) is 8.65. The number of carbonyl (C=O) groups excluding carboxylic acids is 1. The number of aryl methyl sites for hydroxylation is 1. The number of piperidine rings is 1. The molecule has 2 heterocycles. The van der Waals surface area contributed by atoms with Gasteiger partial charge in [0.05, 0.1) is 0 Å². The van der Waals surface area contributed by atoms with Gasteiger partial charge in [-0.3, -0.25) is 4.79 Å². The lowest BCUT2D eigenvalue weighted by Gasteiger charge is -2.33. The molecule has 18 heavy (non-hydrogen) atoms. The van der Waals surface area contributed by atoms with Gasteiger partial charge in [-0.1, -0.05) is 0 Å². The third kappa shape index (κ3) is 2.25. The molecule has 5 heteroatoms. The van der Waals surface area contributed by atoms with Gasteiger partial charge in [-0.25, -0.2) is 4.79 Å². The second-order valence-electron chi connectivity index (χ2n) is 4.53. The summed E-state index contributed by atoms with van der Waals surface area (Å²) in [5, 5.41) is 9.18. The lowest BCUT2D eigenvalue weighted by Crippen LogP contribution is -2.48. The summed E-state index contributed by atoms with van der Waals surface area (Å²) in [6.07, 6.45) is 4.14. The molecule has 0 aromatic carbocycles. The predicted octanol–water partition coefficient (Wildman–Crippen LogP) is 1.59. The van der Waals surface area contributed by atoms with Crippen molar-refractivity contribution in [1.82, 2.24) is 9.47 Å². The number of carboxylic acid groups (broad SMARTS) is 1. The summed E-state index contributed by atoms with van der Waals surface area (Å²) < 4.78 is 1.84. The second kappa shape index (κ2) is 5.25. The van der Waals surface area contributed by atoms with Gasteiger partial charge in [-0.05, 0) is 38.3 Å². The number of aliphatic carboxylic acids is 1. The molecule has 1 aliphatic heterocycles. The zero-order valence-corrected chi connectivity index (χ0v) is 10.5. The standard InChI is InChI=1S/C13H18N2O3/c1-2-14-8-5-7-10(14)12(16)15-9-4-3-6-11(15)13(17)18/h5,7-8,11H,2-4,6,9H2,1H3,(H,17,18)/t11-/m1/s1. The van der Waals surface area contributed by atoms with Crippen LogP contribution in [0.15, 0.2) is 18.3 Å². The second-order valence-corrected chi connectivity index (χ2v) is 4.53. The summed E-state index contributed by atoms with van der Waals surface area (Å²) in [7, 11) is 0. The van der Waals surface area contributed by atoms with Crippen molar-refractivity contribution in [1.29, 1.82) is 0 Å². The molecule has 98 valence electrons. The van der Waals surface area contributed by atoms with Crippen LogP contribution in [0, 0.1) is 0 Å². The molecule has 1 aliphatic rings. The predicted molar refractivity (Wildman–Crippen MR) is 66.4 cm³/mol. The van der Waals surface area contributed by atoms with E-state index in [4.69, 9.17) is 0 Å². The summed E-state index contributed by atoms with van der Waals surface area (Å²) in [5.41, 5.74) is 0.575. The SMILES string of the molecule is CCn1cccc1C(=O)N1CCCC[C@@H]1C(=O)O. The molecule has 1 N–H and O–H groups in total. The van der Waals surface area contributed by atoms with Gasteiger partial charge in [0.25, 0.3) is 5.91 Å². The van der Waals surface area contributed by atoms with Crippen LogP contribution < -0.4 is 0 Å². The Balaban J connectivity index is 2.23. The minimum atomic E-state index is -0.905. The number of hydrogen-bond acceptors (Lipinski definition) is 2. The number of amides is 1. The molecule has 0 radical (unpaired) electrons. The molecule has 1 aromatic rings. The molecule has 1 fully saturated rings. The first kappa shape index (κ1) is 12.7. The highest BCUT2D eigenvalue weighted by Crippen LogP contribution is 2.20. The Morgan fingerprint density at radius 1 is 1.44 bits per heavy atom. The van der Waals surface area contributed by atoms with E-state index in [0.717, 1.165) is 12.8 Å². The molecule has 0 saturated carbocycles. The maximum absolute atomic E-state index is 12.4. The van der Waals surface area contributed by atoms with Crippen LogP contribution in [0.4, 0.5) is 0 Å². The molecule has 0 bridgehead atoms. The van der Waals surface area contributed by atoms with Crippen molar-refractivity contribution in [2.45, 2.75) is 38.8 Å². The lowest BCUT2D eigenvalue weighted by molar-refractivity contribution is -0.143. The first-order valence-corrected chi connectivity index (χ1v) is 6.34. The van der Waals surface area contributed by atoms with Crippen LogP contribution in [0.2, 0.25) is 0 Å². The van der Waals surface area contributed by atoms with E-state index in [9.17, 15) is 14.7 Å². The number of carboxylic acids is 1. The maximum atomic E-state index is 12.4. The minimum absolute atomic E-state index is 0.172. The van der Waals surface area contributed by atoms with Crippen LogP contribution in [0.3, 0.4) is 0 Å². The van der Waals surface area contributed by atoms with Crippen molar-refractivity contribution >= 4 is 11.9 Å². The van der Waals surface area contributed by atoms with Gasteiger partial charge in [0.2, 0.25) is 0 Å². The Hall–Kier alpha value is -1.78. The molecule has 1 saturated heterocycles. The number of likely N-dealkylation sites (tertiary alicyclic amines) is 1. The summed E-state index contributed by atoms with van der Waals surface area (Å²) in [4.78, 5) is 25.1. The number of carbonyl (C=O) groups is 2. The number of nitrogens with zero attached hydrogens (tertiary/aromatic N) is 2. The first-order valence-electron chi connectivity index (χ1n) is 6.34. The Kier molecular flexibility index (Phi) is 3.69. The third-order valence-electron chi connectivity index (χ3n) is 3.44. The molecule has 2 rings (SSSR count). The van der Waals surface area contributed by atoms with Gasteiger partial charge in [0.15, 0.2) is 0 Å². The Morgan fingerprint density at radius 2 is 2.22 bits per heavy atom. The van der Waals surface area contributed by atoms with Gasteiger partial charge in [0.1, 0.15) is 11.7 Å². The fourth-order valence-corrected chi connectivity index (χ4v) is 2.46. The Bertz CT molecular complexity index is 453. The van der Waals surface area contributed by atoms with E-state index < -0.39 is 12.0 Å². The van der Waals surface area contributed by atoms with Crippen LogP contribution in [-0.4, -0.2) is 39.0 Å². The molecular weight excluding hydrogens is 232 g/mol. The van der Waals surface area contributed by atoms with Crippen molar-refractivity contribution in [3.63, 3.8) is 0 Å². The smallest absolute Gasteiger partial charge is 0.326 e. The average molecular weight is 250 g/mol. The summed E-state index contributed by atoms with van der Waals surface area (Å²) in [5.74, 6) is -1.08. The zero-order valence-electron chi connectivity index (χ0n) is 10.5. The lowest BCUT2D eigenvalue weighted by atomic mass is 10.0. The van der Waals surface area contributed by atoms with Crippen LogP contribution in [-0.2, 0) is 11.3 Å². The molecule has 1 amide bonds. The highest BCUT2D eigenvalue weighted by atomic mass is 16.4. The highest BCUT2D eigenvalue weighted by molar-refractivity contribution is 5.95. The van der Waals surface area contributed by atoms with E-state index in [1.165, 1.54) is 4.90 Å². The Morgan fingerprint density at radius 3 is 2.89 bits per heavy atom. The van der Waals surface area contributed by atoms with Crippen LogP contribution in [0.5, 0.6) is 0 Å². The van der Waals surface area contributed by atoms with E-state index in [0.29, 0.717) is 25.2 Å². The number of hydrogen-bond donors (Lipinski definition) is 1. The fraction of sp³-hybridized carbons (Fsp3) is 0.538.